The van der Waals surface area contributed by atoms with Crippen LogP contribution in [0.5, 0.6) is 0 Å². The molecule has 1 aliphatic rings. The molecule has 0 atom stereocenters. The summed E-state index contributed by atoms with van der Waals surface area (Å²) in [6.07, 6.45) is 5.31. The molecule has 5 nitrogen and oxygen atoms in total. The summed E-state index contributed by atoms with van der Waals surface area (Å²) in [5, 5.41) is 8.71. The summed E-state index contributed by atoms with van der Waals surface area (Å²) >= 11 is 0. The average molecular weight is 256 g/mol. The van der Waals surface area contributed by atoms with Gasteiger partial charge in [-0.3, -0.25) is 4.79 Å². The van der Waals surface area contributed by atoms with Gasteiger partial charge in [0.15, 0.2) is 0 Å². The van der Waals surface area contributed by atoms with Gasteiger partial charge in [-0.1, -0.05) is 19.8 Å². The maximum absolute atomic E-state index is 12.2. The first-order valence-electron chi connectivity index (χ1n) is 6.79. The normalized spacial score (nSPS) is 14.3. The maximum Gasteiger partial charge on any atom is 0.320 e. The zero-order valence-electron chi connectivity index (χ0n) is 11.4. The minimum absolute atomic E-state index is 0.0187. The lowest BCUT2D eigenvalue weighted by Gasteiger charge is -2.28. The Morgan fingerprint density at radius 1 is 1.22 bits per heavy atom. The smallest absolute Gasteiger partial charge is 0.320 e. The lowest BCUT2D eigenvalue weighted by atomic mass is 10.2. The summed E-state index contributed by atoms with van der Waals surface area (Å²) in [5.74, 6) is -0.845. The molecule has 0 spiro atoms. The molecule has 0 saturated heterocycles. The van der Waals surface area contributed by atoms with Crippen LogP contribution in [0.2, 0.25) is 0 Å². The van der Waals surface area contributed by atoms with E-state index in [1.165, 1.54) is 0 Å². The number of nitrogens with zero attached hydrogens (tertiary/aromatic N) is 2. The second-order valence-corrected chi connectivity index (χ2v) is 4.98. The molecule has 0 aromatic rings. The van der Waals surface area contributed by atoms with Crippen LogP contribution in [0.15, 0.2) is 0 Å². The second-order valence-electron chi connectivity index (χ2n) is 4.98. The molecule has 0 bridgehead atoms. The number of aliphatic carboxylic acids is 1. The lowest BCUT2D eigenvalue weighted by Crippen LogP contribution is -2.43. The third-order valence-electron chi connectivity index (χ3n) is 3.22. The van der Waals surface area contributed by atoms with Gasteiger partial charge in [-0.05, 0) is 19.3 Å². The van der Waals surface area contributed by atoms with E-state index in [2.05, 4.69) is 6.92 Å². The van der Waals surface area contributed by atoms with Crippen LogP contribution in [0.3, 0.4) is 0 Å². The van der Waals surface area contributed by atoms with Gasteiger partial charge >= 0.3 is 12.0 Å². The zero-order valence-corrected chi connectivity index (χ0v) is 11.4. The van der Waals surface area contributed by atoms with Gasteiger partial charge in [-0.2, -0.15) is 0 Å². The Morgan fingerprint density at radius 3 is 2.39 bits per heavy atom. The molecule has 2 amide bonds. The van der Waals surface area contributed by atoms with Crippen LogP contribution < -0.4 is 0 Å². The summed E-state index contributed by atoms with van der Waals surface area (Å²) in [4.78, 5) is 26.2. The Bertz CT molecular complexity index is 290. The van der Waals surface area contributed by atoms with Crippen molar-refractivity contribution in [3.8, 4) is 0 Å². The first kappa shape index (κ1) is 14.8. The Balaban J connectivity index is 2.40. The lowest BCUT2D eigenvalue weighted by molar-refractivity contribution is -0.137. The SMILES string of the molecule is CCCCCN(C)C(=O)N(CCC(=O)O)C1CC1. The van der Waals surface area contributed by atoms with Gasteiger partial charge in [0.25, 0.3) is 0 Å². The van der Waals surface area contributed by atoms with E-state index in [0.717, 1.165) is 38.6 Å². The number of carboxylic acid groups (broad SMARTS) is 1. The summed E-state index contributed by atoms with van der Waals surface area (Å²) in [7, 11) is 1.80. The van der Waals surface area contributed by atoms with Crippen LogP contribution in [0.1, 0.15) is 45.4 Å². The van der Waals surface area contributed by atoms with Crippen molar-refractivity contribution in [2.24, 2.45) is 0 Å². The molecule has 18 heavy (non-hydrogen) atoms. The second kappa shape index (κ2) is 7.24. The van der Waals surface area contributed by atoms with Crippen molar-refractivity contribution in [1.82, 2.24) is 9.80 Å². The molecule has 1 N–H and O–H groups in total. The van der Waals surface area contributed by atoms with Crippen LogP contribution in [0.4, 0.5) is 4.79 Å². The summed E-state index contributed by atoms with van der Waals surface area (Å²) in [6, 6.07) is 0.250. The standard InChI is InChI=1S/C13H24N2O3/c1-3-4-5-9-14(2)13(18)15(11-6-7-11)10-8-12(16)17/h11H,3-10H2,1-2H3,(H,16,17). The molecule has 1 fully saturated rings. The molecule has 1 saturated carbocycles. The quantitative estimate of drug-likeness (QED) is 0.677. The third kappa shape index (κ3) is 4.94. The number of rotatable bonds is 8. The van der Waals surface area contributed by atoms with Gasteiger partial charge in [0.05, 0.1) is 6.42 Å². The van der Waals surface area contributed by atoms with Crippen molar-refractivity contribution in [2.45, 2.75) is 51.5 Å². The predicted molar refractivity (Wildman–Crippen MR) is 69.5 cm³/mol. The molecule has 0 aliphatic heterocycles. The minimum Gasteiger partial charge on any atom is -0.481 e. The highest BCUT2D eigenvalue weighted by Gasteiger charge is 2.33. The molecule has 104 valence electrons. The highest BCUT2D eigenvalue weighted by molar-refractivity contribution is 5.76. The first-order valence-corrected chi connectivity index (χ1v) is 6.79. The minimum atomic E-state index is -0.845. The average Bonchev–Trinajstić information content (AvgIpc) is 3.13. The number of unbranched alkanes of at least 4 members (excludes halogenated alkanes) is 2. The molecule has 0 unspecified atom stereocenters. The molecule has 0 heterocycles. The number of hydrogen-bond donors (Lipinski definition) is 1. The maximum atomic E-state index is 12.2. The number of amides is 2. The van der Waals surface area contributed by atoms with Crippen molar-refractivity contribution >= 4 is 12.0 Å². The highest BCUT2D eigenvalue weighted by atomic mass is 16.4. The van der Waals surface area contributed by atoms with Gasteiger partial charge in [-0.25, -0.2) is 4.79 Å². The molecule has 0 radical (unpaired) electrons. The Labute approximate surface area is 109 Å². The topological polar surface area (TPSA) is 60.9 Å². The van der Waals surface area contributed by atoms with E-state index in [1.54, 1.807) is 16.8 Å². The summed E-state index contributed by atoms with van der Waals surface area (Å²) < 4.78 is 0. The van der Waals surface area contributed by atoms with E-state index in [1.807, 2.05) is 0 Å². The van der Waals surface area contributed by atoms with Gasteiger partial charge < -0.3 is 14.9 Å². The molecule has 1 rings (SSSR count). The molecule has 0 aromatic heterocycles. The van der Waals surface area contributed by atoms with Crippen LogP contribution in [0, 0.1) is 0 Å². The van der Waals surface area contributed by atoms with Crippen LogP contribution in [-0.4, -0.2) is 53.1 Å². The van der Waals surface area contributed by atoms with Gasteiger partial charge in [0.2, 0.25) is 0 Å². The number of hydrogen-bond acceptors (Lipinski definition) is 2. The molecule has 0 aromatic carbocycles. The largest absolute Gasteiger partial charge is 0.481 e. The fourth-order valence-corrected chi connectivity index (χ4v) is 1.95. The van der Waals surface area contributed by atoms with Crippen LogP contribution >= 0.6 is 0 Å². The van der Waals surface area contributed by atoms with E-state index >= 15 is 0 Å². The molecule has 5 heteroatoms. The summed E-state index contributed by atoms with van der Waals surface area (Å²) in [6.45, 7) is 3.21. The van der Waals surface area contributed by atoms with Crippen molar-refractivity contribution in [1.29, 1.82) is 0 Å². The molecular weight excluding hydrogens is 232 g/mol. The Morgan fingerprint density at radius 2 is 1.89 bits per heavy atom. The third-order valence-corrected chi connectivity index (χ3v) is 3.22. The predicted octanol–water partition coefficient (Wildman–Crippen LogP) is 2.17. The molecular formula is C13H24N2O3. The van der Waals surface area contributed by atoms with Gasteiger partial charge in [0, 0.05) is 26.2 Å². The van der Waals surface area contributed by atoms with Crippen molar-refractivity contribution in [3.05, 3.63) is 0 Å². The fraction of sp³-hybridized carbons (Fsp3) is 0.846. The van der Waals surface area contributed by atoms with E-state index in [-0.39, 0.29) is 18.5 Å². The number of carbonyl (C=O) groups excluding carboxylic acids is 1. The fourth-order valence-electron chi connectivity index (χ4n) is 1.95. The Kier molecular flexibility index (Phi) is 5.95. The number of carbonyl (C=O) groups is 2. The van der Waals surface area contributed by atoms with Crippen LogP contribution in [-0.2, 0) is 4.79 Å². The van der Waals surface area contributed by atoms with Gasteiger partial charge in [0.1, 0.15) is 0 Å². The summed E-state index contributed by atoms with van der Waals surface area (Å²) in [5.41, 5.74) is 0. The van der Waals surface area contributed by atoms with Crippen molar-refractivity contribution in [3.63, 3.8) is 0 Å². The van der Waals surface area contributed by atoms with Crippen molar-refractivity contribution in [2.75, 3.05) is 20.1 Å². The van der Waals surface area contributed by atoms with Gasteiger partial charge in [-0.15, -0.1) is 0 Å². The first-order chi connectivity index (χ1) is 8.56. The molecule has 1 aliphatic carbocycles. The van der Waals surface area contributed by atoms with E-state index in [9.17, 15) is 9.59 Å². The Hall–Kier alpha value is -1.26. The monoisotopic (exact) mass is 256 g/mol. The highest BCUT2D eigenvalue weighted by Crippen LogP contribution is 2.27. The number of carboxylic acids is 1. The zero-order chi connectivity index (χ0) is 13.5. The van der Waals surface area contributed by atoms with E-state index < -0.39 is 5.97 Å². The van der Waals surface area contributed by atoms with E-state index in [0.29, 0.717) is 6.54 Å². The van der Waals surface area contributed by atoms with Crippen LogP contribution in [0.25, 0.3) is 0 Å². The van der Waals surface area contributed by atoms with Crippen molar-refractivity contribution < 1.29 is 14.7 Å². The van der Waals surface area contributed by atoms with E-state index in [4.69, 9.17) is 5.11 Å². The number of urea groups is 1.